The second-order valence-corrected chi connectivity index (χ2v) is 1.21. The third-order valence-electron chi connectivity index (χ3n) is 0.193. The molecule has 0 amide bonds. The minimum absolute atomic E-state index is 0.658. The van der Waals surface area contributed by atoms with Crippen molar-refractivity contribution in [3.05, 3.63) is 0 Å². The molecule has 6 heavy (non-hydrogen) atoms. The molecule has 0 saturated carbocycles. The molecule has 0 aromatic rings. The van der Waals surface area contributed by atoms with E-state index in [2.05, 4.69) is 37.8 Å². The van der Waals surface area contributed by atoms with Gasteiger partial charge in [-0.25, -0.2) is 0 Å². The standard InChI is InChI=1S/C2H5IN2O/c1-6-5-4-2-3/h2H2,1H3. The van der Waals surface area contributed by atoms with E-state index in [1.165, 1.54) is 7.11 Å². The van der Waals surface area contributed by atoms with E-state index in [4.69, 9.17) is 0 Å². The summed E-state index contributed by atoms with van der Waals surface area (Å²) in [6.07, 6.45) is 0. The summed E-state index contributed by atoms with van der Waals surface area (Å²) >= 11 is 2.07. The lowest BCUT2D eigenvalue weighted by Gasteiger charge is -1.76. The van der Waals surface area contributed by atoms with Gasteiger partial charge in [0.15, 0.2) is 0 Å². The van der Waals surface area contributed by atoms with Crippen molar-refractivity contribution in [2.24, 2.45) is 10.4 Å². The van der Waals surface area contributed by atoms with Crippen LogP contribution in [0.3, 0.4) is 0 Å². The molecule has 0 aromatic carbocycles. The van der Waals surface area contributed by atoms with Gasteiger partial charge < -0.3 is 4.84 Å². The van der Waals surface area contributed by atoms with Crippen LogP contribution < -0.4 is 0 Å². The van der Waals surface area contributed by atoms with Gasteiger partial charge in [-0.1, -0.05) is 22.6 Å². The van der Waals surface area contributed by atoms with Crippen molar-refractivity contribution < 1.29 is 4.84 Å². The molecular formula is C2H5IN2O. The number of nitrogens with zero attached hydrogens (tertiary/aromatic N) is 2. The maximum Gasteiger partial charge on any atom is 0.115 e. The molecule has 0 aliphatic heterocycles. The third-order valence-corrected chi connectivity index (χ3v) is 0.498. The van der Waals surface area contributed by atoms with Gasteiger partial charge in [-0.2, -0.15) is 0 Å². The molecule has 0 bridgehead atoms. The number of halogens is 1. The molecule has 0 N–H and O–H groups in total. The first-order valence-corrected chi connectivity index (χ1v) is 2.90. The first-order chi connectivity index (χ1) is 2.91. The van der Waals surface area contributed by atoms with Gasteiger partial charge in [0.25, 0.3) is 0 Å². The van der Waals surface area contributed by atoms with Crippen molar-refractivity contribution in [3.8, 4) is 0 Å². The molecule has 36 valence electrons. The molecule has 0 heterocycles. The highest BCUT2D eigenvalue weighted by Crippen LogP contribution is 1.81. The quantitative estimate of drug-likeness (QED) is 0.218. The minimum atomic E-state index is 0.658. The van der Waals surface area contributed by atoms with Crippen molar-refractivity contribution in [2.45, 2.75) is 0 Å². The van der Waals surface area contributed by atoms with Gasteiger partial charge in [-0.15, -0.1) is 5.11 Å². The Morgan fingerprint density at radius 1 is 1.83 bits per heavy atom. The van der Waals surface area contributed by atoms with Crippen molar-refractivity contribution in [1.82, 2.24) is 0 Å². The predicted molar refractivity (Wildman–Crippen MR) is 30.8 cm³/mol. The van der Waals surface area contributed by atoms with Crippen LogP contribution in [0.5, 0.6) is 0 Å². The Balaban J connectivity index is 2.73. The summed E-state index contributed by atoms with van der Waals surface area (Å²) in [6.45, 7) is 0. The van der Waals surface area contributed by atoms with Crippen LogP contribution in [0.25, 0.3) is 0 Å². The Kier molecular flexibility index (Phi) is 5.24. The number of rotatable bonds is 2. The summed E-state index contributed by atoms with van der Waals surface area (Å²) in [4.78, 5) is 4.24. The van der Waals surface area contributed by atoms with Gasteiger partial charge in [0.1, 0.15) is 11.7 Å². The summed E-state index contributed by atoms with van der Waals surface area (Å²) in [5, 5.41) is 6.69. The molecule has 0 aliphatic carbocycles. The molecule has 0 rings (SSSR count). The van der Waals surface area contributed by atoms with Gasteiger partial charge in [-0.05, 0) is 0 Å². The van der Waals surface area contributed by atoms with E-state index in [0.29, 0.717) is 4.55 Å². The molecule has 0 unspecified atom stereocenters. The average Bonchev–Trinajstić information content (AvgIpc) is 1.61. The second kappa shape index (κ2) is 5.13. The molecule has 0 radical (unpaired) electrons. The Bertz CT molecular complexity index is 40.8. The Morgan fingerprint density at radius 3 is 2.67 bits per heavy atom. The molecular weight excluding hydrogens is 195 g/mol. The smallest absolute Gasteiger partial charge is 0.115 e. The lowest BCUT2D eigenvalue weighted by Crippen LogP contribution is -1.62. The molecule has 0 aliphatic rings. The molecule has 0 aromatic heterocycles. The zero-order valence-electron chi connectivity index (χ0n) is 3.39. The maximum atomic E-state index is 4.24. The largest absolute Gasteiger partial charge is 0.383 e. The van der Waals surface area contributed by atoms with E-state index in [1.54, 1.807) is 0 Å². The van der Waals surface area contributed by atoms with Crippen molar-refractivity contribution in [1.29, 1.82) is 0 Å². The summed E-state index contributed by atoms with van der Waals surface area (Å²) in [7, 11) is 1.47. The van der Waals surface area contributed by atoms with Crippen LogP contribution in [0.1, 0.15) is 0 Å². The Hall–Kier alpha value is 0.130. The van der Waals surface area contributed by atoms with Crippen molar-refractivity contribution in [2.75, 3.05) is 11.7 Å². The number of hydrogen-bond acceptors (Lipinski definition) is 3. The molecule has 0 saturated heterocycles. The lowest BCUT2D eigenvalue weighted by atomic mass is 11.6. The van der Waals surface area contributed by atoms with Gasteiger partial charge >= 0.3 is 0 Å². The summed E-state index contributed by atoms with van der Waals surface area (Å²) < 4.78 is 0.658. The normalized spacial score (nSPS) is 9.67. The van der Waals surface area contributed by atoms with E-state index in [9.17, 15) is 0 Å². The highest BCUT2D eigenvalue weighted by atomic mass is 127. The van der Waals surface area contributed by atoms with Crippen molar-refractivity contribution >= 4 is 22.6 Å². The number of alkyl halides is 1. The molecule has 0 atom stereocenters. The monoisotopic (exact) mass is 200 g/mol. The van der Waals surface area contributed by atoms with Gasteiger partial charge in [0.2, 0.25) is 0 Å². The SMILES string of the molecule is CON=NCI. The van der Waals surface area contributed by atoms with Crippen LogP contribution in [0.4, 0.5) is 0 Å². The first-order valence-electron chi connectivity index (χ1n) is 1.37. The van der Waals surface area contributed by atoms with Crippen LogP contribution >= 0.6 is 22.6 Å². The zero-order valence-corrected chi connectivity index (χ0v) is 5.55. The minimum Gasteiger partial charge on any atom is -0.383 e. The average molecular weight is 200 g/mol. The Labute approximate surface area is 49.9 Å². The lowest BCUT2D eigenvalue weighted by molar-refractivity contribution is 0.188. The molecule has 0 fully saturated rings. The van der Waals surface area contributed by atoms with E-state index in [0.717, 1.165) is 0 Å². The fourth-order valence-electron chi connectivity index (χ4n) is 0.0796. The topological polar surface area (TPSA) is 34.0 Å². The number of hydrogen-bond donors (Lipinski definition) is 0. The van der Waals surface area contributed by atoms with Crippen LogP contribution in [0.15, 0.2) is 10.4 Å². The van der Waals surface area contributed by atoms with E-state index < -0.39 is 0 Å². The summed E-state index contributed by atoms with van der Waals surface area (Å²) in [5.41, 5.74) is 0. The third kappa shape index (κ3) is 4.13. The van der Waals surface area contributed by atoms with E-state index >= 15 is 0 Å². The van der Waals surface area contributed by atoms with E-state index in [1.807, 2.05) is 0 Å². The van der Waals surface area contributed by atoms with Crippen LogP contribution in [-0.2, 0) is 4.84 Å². The van der Waals surface area contributed by atoms with Crippen LogP contribution in [0.2, 0.25) is 0 Å². The molecule has 0 spiro atoms. The molecule has 3 nitrogen and oxygen atoms in total. The van der Waals surface area contributed by atoms with Crippen LogP contribution in [0, 0.1) is 0 Å². The van der Waals surface area contributed by atoms with Gasteiger partial charge in [-0.3, -0.25) is 0 Å². The fourth-order valence-corrected chi connectivity index (χ4v) is 0.204. The van der Waals surface area contributed by atoms with Crippen LogP contribution in [-0.4, -0.2) is 11.7 Å². The summed E-state index contributed by atoms with van der Waals surface area (Å²) in [6, 6.07) is 0. The first kappa shape index (κ1) is 6.13. The highest BCUT2D eigenvalue weighted by molar-refractivity contribution is 14.1. The zero-order chi connectivity index (χ0) is 4.83. The van der Waals surface area contributed by atoms with E-state index in [-0.39, 0.29) is 0 Å². The second-order valence-electron chi connectivity index (χ2n) is 0.525. The fraction of sp³-hybridized carbons (Fsp3) is 1.00. The Morgan fingerprint density at radius 2 is 2.50 bits per heavy atom. The molecule has 4 heteroatoms. The maximum absolute atomic E-state index is 4.24. The van der Waals surface area contributed by atoms with Gasteiger partial charge in [0, 0.05) is 5.28 Å². The predicted octanol–water partition coefficient (Wildman–Crippen LogP) is 1.39. The summed E-state index contributed by atoms with van der Waals surface area (Å²) in [5.74, 6) is 0. The highest BCUT2D eigenvalue weighted by Gasteiger charge is 1.60. The van der Waals surface area contributed by atoms with Gasteiger partial charge in [0.05, 0.1) is 0 Å². The van der Waals surface area contributed by atoms with Crippen molar-refractivity contribution in [3.63, 3.8) is 0 Å².